The summed E-state index contributed by atoms with van der Waals surface area (Å²) in [6, 6.07) is 0.454. The second-order valence-electron chi connectivity index (χ2n) is 6.33. The average Bonchev–Trinajstić information content (AvgIpc) is 2.58. The Morgan fingerprint density at radius 3 is 2.87 bits per heavy atom. The molecule has 6 nitrogen and oxygen atoms in total. The molecule has 1 atom stereocenters. The quantitative estimate of drug-likeness (QED) is 0.839. The molecule has 0 spiro atoms. The molecule has 3 rings (SSSR count). The molecule has 1 N–H and O–H groups in total. The number of nitrogens with zero attached hydrogens (tertiary/aromatic N) is 2. The van der Waals surface area contributed by atoms with Crippen LogP contribution in [0.5, 0.6) is 5.88 Å². The van der Waals surface area contributed by atoms with Crippen LogP contribution in [0.3, 0.4) is 0 Å². The third-order valence-corrected chi connectivity index (χ3v) is 4.90. The molecule has 7 heteroatoms. The minimum Gasteiger partial charge on any atom is -0.474 e. The zero-order valence-corrected chi connectivity index (χ0v) is 15.0. The molecular formula is C16H24BrN3O3. The van der Waals surface area contributed by atoms with Gasteiger partial charge in [-0.25, -0.2) is 4.98 Å². The number of aromatic nitrogens is 2. The molecule has 128 valence electrons. The van der Waals surface area contributed by atoms with Crippen LogP contribution in [0.2, 0.25) is 0 Å². The molecule has 23 heavy (non-hydrogen) atoms. The Kier molecular flexibility index (Phi) is 6.08. The zero-order valence-electron chi connectivity index (χ0n) is 13.5. The van der Waals surface area contributed by atoms with Crippen LogP contribution in [0.1, 0.15) is 32.6 Å². The number of halogens is 1. The first-order valence-electron chi connectivity index (χ1n) is 8.32. The van der Waals surface area contributed by atoms with E-state index >= 15 is 0 Å². The third-order valence-electron chi connectivity index (χ3n) is 4.35. The Labute approximate surface area is 145 Å². The third kappa shape index (κ3) is 5.02. The van der Waals surface area contributed by atoms with Gasteiger partial charge in [0.1, 0.15) is 12.7 Å². The molecule has 0 aromatic carbocycles. The molecule has 2 aliphatic rings. The van der Waals surface area contributed by atoms with E-state index in [9.17, 15) is 0 Å². The molecule has 1 aliphatic heterocycles. The lowest BCUT2D eigenvalue weighted by atomic mass is 9.87. The number of hydrogen-bond acceptors (Lipinski definition) is 6. The standard InChI is InChI=1S/C16H24BrN3O3/c1-11-2-4-12(5-3-11)19-16-18-8-14(17)15(20-16)23-10-13-9-21-6-7-22-13/h8,11-13H,2-7,9-10H2,1H3,(H,18,19,20)/t11?,12?,13-/m1/s1. The topological polar surface area (TPSA) is 65.5 Å². The van der Waals surface area contributed by atoms with E-state index in [1.165, 1.54) is 25.7 Å². The van der Waals surface area contributed by atoms with Crippen LogP contribution in [0.4, 0.5) is 5.95 Å². The highest BCUT2D eigenvalue weighted by atomic mass is 79.9. The van der Waals surface area contributed by atoms with Gasteiger partial charge in [0, 0.05) is 6.04 Å². The maximum atomic E-state index is 5.78. The Hall–Kier alpha value is -0.920. The van der Waals surface area contributed by atoms with Gasteiger partial charge in [0.05, 0.1) is 30.5 Å². The highest BCUT2D eigenvalue weighted by Crippen LogP contribution is 2.27. The summed E-state index contributed by atoms with van der Waals surface area (Å²) < 4.78 is 17.5. The Morgan fingerprint density at radius 1 is 1.30 bits per heavy atom. The fraction of sp³-hybridized carbons (Fsp3) is 0.750. The number of rotatable bonds is 5. The first-order chi connectivity index (χ1) is 11.2. The van der Waals surface area contributed by atoms with Crippen molar-refractivity contribution in [2.45, 2.75) is 44.8 Å². The smallest absolute Gasteiger partial charge is 0.232 e. The highest BCUT2D eigenvalue weighted by Gasteiger charge is 2.20. The predicted molar refractivity (Wildman–Crippen MR) is 90.8 cm³/mol. The van der Waals surface area contributed by atoms with E-state index in [1.54, 1.807) is 6.20 Å². The molecule has 2 heterocycles. The van der Waals surface area contributed by atoms with Gasteiger partial charge < -0.3 is 19.5 Å². The van der Waals surface area contributed by atoms with Gasteiger partial charge in [-0.3, -0.25) is 0 Å². The van der Waals surface area contributed by atoms with Gasteiger partial charge in [0.2, 0.25) is 11.8 Å². The Bertz CT molecular complexity index is 503. The van der Waals surface area contributed by atoms with Crippen molar-refractivity contribution in [3.05, 3.63) is 10.7 Å². The second-order valence-corrected chi connectivity index (χ2v) is 7.18. The number of hydrogen-bond donors (Lipinski definition) is 1. The van der Waals surface area contributed by atoms with Crippen molar-refractivity contribution in [1.82, 2.24) is 9.97 Å². The summed E-state index contributed by atoms with van der Waals surface area (Å²) in [6.45, 7) is 4.58. The molecule has 0 unspecified atom stereocenters. The van der Waals surface area contributed by atoms with Gasteiger partial charge in [-0.05, 0) is 47.5 Å². The number of ether oxygens (including phenoxy) is 3. The van der Waals surface area contributed by atoms with E-state index in [-0.39, 0.29) is 6.10 Å². The minimum absolute atomic E-state index is 0.0399. The summed E-state index contributed by atoms with van der Waals surface area (Å²) in [6.07, 6.45) is 6.55. The molecule has 0 bridgehead atoms. The molecule has 1 aromatic rings. The van der Waals surface area contributed by atoms with E-state index in [0.29, 0.717) is 44.3 Å². The predicted octanol–water partition coefficient (Wildman–Crippen LogP) is 3.02. The Balaban J connectivity index is 1.55. The fourth-order valence-corrected chi connectivity index (χ4v) is 3.22. The first kappa shape index (κ1) is 16.9. The van der Waals surface area contributed by atoms with Crippen molar-refractivity contribution in [3.8, 4) is 5.88 Å². The lowest BCUT2D eigenvalue weighted by Crippen LogP contribution is -2.33. The van der Waals surface area contributed by atoms with E-state index < -0.39 is 0 Å². The lowest BCUT2D eigenvalue weighted by Gasteiger charge is -2.27. The maximum absolute atomic E-state index is 5.78. The van der Waals surface area contributed by atoms with Gasteiger partial charge >= 0.3 is 0 Å². The van der Waals surface area contributed by atoms with Crippen LogP contribution in [0.25, 0.3) is 0 Å². The van der Waals surface area contributed by atoms with E-state index in [2.05, 4.69) is 38.1 Å². The summed E-state index contributed by atoms with van der Waals surface area (Å²) in [4.78, 5) is 8.82. The van der Waals surface area contributed by atoms with Gasteiger partial charge in [0.25, 0.3) is 0 Å². The van der Waals surface area contributed by atoms with Crippen LogP contribution in [0, 0.1) is 5.92 Å². The van der Waals surface area contributed by atoms with Crippen molar-refractivity contribution in [2.75, 3.05) is 31.7 Å². The lowest BCUT2D eigenvalue weighted by molar-refractivity contribution is -0.102. The van der Waals surface area contributed by atoms with Crippen molar-refractivity contribution in [2.24, 2.45) is 5.92 Å². The van der Waals surface area contributed by atoms with Crippen molar-refractivity contribution < 1.29 is 14.2 Å². The maximum Gasteiger partial charge on any atom is 0.232 e. The second kappa shape index (κ2) is 8.26. The van der Waals surface area contributed by atoms with Gasteiger partial charge in [-0.15, -0.1) is 0 Å². The van der Waals surface area contributed by atoms with E-state index in [0.717, 1.165) is 10.4 Å². The summed E-state index contributed by atoms with van der Waals surface area (Å²) in [5, 5.41) is 3.43. The molecule has 2 fully saturated rings. The first-order valence-corrected chi connectivity index (χ1v) is 9.11. The number of nitrogens with one attached hydrogen (secondary N) is 1. The summed E-state index contributed by atoms with van der Waals surface area (Å²) in [7, 11) is 0. The van der Waals surface area contributed by atoms with E-state index in [1.807, 2.05) is 0 Å². The summed E-state index contributed by atoms with van der Waals surface area (Å²) >= 11 is 3.44. The summed E-state index contributed by atoms with van der Waals surface area (Å²) in [5.74, 6) is 2.00. The monoisotopic (exact) mass is 385 g/mol. The van der Waals surface area contributed by atoms with Crippen molar-refractivity contribution >= 4 is 21.9 Å². The molecule has 0 radical (unpaired) electrons. The molecule has 1 saturated carbocycles. The molecule has 1 aromatic heterocycles. The fourth-order valence-electron chi connectivity index (χ4n) is 2.91. The van der Waals surface area contributed by atoms with Gasteiger partial charge in [0.15, 0.2) is 0 Å². The van der Waals surface area contributed by atoms with Crippen LogP contribution < -0.4 is 10.1 Å². The molecular weight excluding hydrogens is 362 g/mol. The average molecular weight is 386 g/mol. The SMILES string of the molecule is CC1CCC(Nc2ncc(Br)c(OC[C@H]3COCCO3)n2)CC1. The van der Waals surface area contributed by atoms with Crippen molar-refractivity contribution in [3.63, 3.8) is 0 Å². The summed E-state index contributed by atoms with van der Waals surface area (Å²) in [5.41, 5.74) is 0. The molecule has 1 saturated heterocycles. The van der Waals surface area contributed by atoms with Gasteiger partial charge in [-0.2, -0.15) is 4.98 Å². The minimum atomic E-state index is -0.0399. The zero-order chi connectivity index (χ0) is 16.1. The largest absolute Gasteiger partial charge is 0.474 e. The normalized spacial score (nSPS) is 28.3. The molecule has 0 amide bonds. The van der Waals surface area contributed by atoms with Crippen LogP contribution >= 0.6 is 15.9 Å². The van der Waals surface area contributed by atoms with Gasteiger partial charge in [-0.1, -0.05) is 6.92 Å². The Morgan fingerprint density at radius 2 is 2.13 bits per heavy atom. The van der Waals surface area contributed by atoms with Crippen LogP contribution in [-0.4, -0.2) is 48.5 Å². The van der Waals surface area contributed by atoms with Crippen molar-refractivity contribution in [1.29, 1.82) is 0 Å². The van der Waals surface area contributed by atoms with Crippen LogP contribution in [0.15, 0.2) is 10.7 Å². The number of anilines is 1. The highest BCUT2D eigenvalue weighted by molar-refractivity contribution is 9.10. The van der Waals surface area contributed by atoms with Crippen LogP contribution in [-0.2, 0) is 9.47 Å². The van der Waals surface area contributed by atoms with E-state index in [4.69, 9.17) is 14.2 Å². The molecule has 1 aliphatic carbocycles.